The normalized spacial score (nSPS) is 13.5. The molecule has 0 aliphatic carbocycles. The van der Waals surface area contributed by atoms with Crippen molar-refractivity contribution in [3.63, 3.8) is 0 Å². The van der Waals surface area contributed by atoms with Crippen LogP contribution < -0.4 is 10.6 Å². The minimum absolute atomic E-state index is 0.379. The predicted octanol–water partition coefficient (Wildman–Crippen LogP) is 2.59. The first-order valence-electron chi connectivity index (χ1n) is 7.34. The van der Waals surface area contributed by atoms with Gasteiger partial charge in [0.2, 0.25) is 0 Å². The number of hydrogen-bond donors (Lipinski definition) is 4. The Hall–Kier alpha value is -1.73. The Morgan fingerprint density at radius 1 is 1.35 bits per heavy atom. The highest BCUT2D eigenvalue weighted by Gasteiger charge is 2.30. The van der Waals surface area contributed by atoms with Crippen LogP contribution in [0, 0.1) is 6.92 Å². The van der Waals surface area contributed by atoms with Crippen LogP contribution in [0.4, 0.5) is 10.5 Å². The summed E-state index contributed by atoms with van der Waals surface area (Å²) in [5.74, 6) is -0.532. The third kappa shape index (κ3) is 6.11. The molecule has 1 unspecified atom stereocenters. The average molecular weight is 340 g/mol. The van der Waals surface area contributed by atoms with Crippen LogP contribution in [-0.4, -0.2) is 39.6 Å². The molecule has 1 rings (SSSR count). The summed E-state index contributed by atoms with van der Waals surface area (Å²) in [6, 6.07) is 5.12. The van der Waals surface area contributed by atoms with Crippen molar-refractivity contribution in [1.82, 2.24) is 5.32 Å². The number of thioether (sulfide) groups is 1. The van der Waals surface area contributed by atoms with E-state index in [0.29, 0.717) is 10.9 Å². The van der Waals surface area contributed by atoms with Gasteiger partial charge in [-0.1, -0.05) is 26.0 Å². The van der Waals surface area contributed by atoms with Crippen molar-refractivity contribution >= 4 is 29.4 Å². The maximum absolute atomic E-state index is 11.9. The summed E-state index contributed by atoms with van der Waals surface area (Å²) in [6.07, 6.45) is 0. The van der Waals surface area contributed by atoms with Gasteiger partial charge in [0.1, 0.15) is 0 Å². The maximum Gasteiger partial charge on any atom is 0.337 e. The number of anilines is 1. The molecule has 2 amide bonds. The monoisotopic (exact) mass is 340 g/mol. The van der Waals surface area contributed by atoms with Crippen LogP contribution in [0.25, 0.3) is 0 Å². The van der Waals surface area contributed by atoms with Crippen molar-refractivity contribution in [3.05, 3.63) is 29.3 Å². The number of nitrogens with one attached hydrogen (secondary N) is 2. The number of aliphatic hydroxyl groups is 1. The first-order valence-corrected chi connectivity index (χ1v) is 8.39. The van der Waals surface area contributed by atoms with E-state index in [2.05, 4.69) is 24.5 Å². The molecule has 0 fully saturated rings. The molecule has 0 heterocycles. The van der Waals surface area contributed by atoms with Crippen LogP contribution in [0.5, 0.6) is 0 Å². The highest BCUT2D eigenvalue weighted by atomic mass is 32.2. The number of hydrogen-bond acceptors (Lipinski definition) is 4. The van der Waals surface area contributed by atoms with Gasteiger partial charge in [0, 0.05) is 11.4 Å². The Kier molecular flexibility index (Phi) is 6.90. The molecule has 1 atom stereocenters. The highest BCUT2D eigenvalue weighted by Crippen LogP contribution is 2.24. The van der Waals surface area contributed by atoms with Crippen molar-refractivity contribution in [2.24, 2.45) is 0 Å². The molecule has 0 saturated carbocycles. The molecule has 23 heavy (non-hydrogen) atoms. The molecule has 0 saturated heterocycles. The summed E-state index contributed by atoms with van der Waals surface area (Å²) in [4.78, 5) is 22.7. The van der Waals surface area contributed by atoms with Crippen LogP contribution in [0.1, 0.15) is 31.9 Å². The van der Waals surface area contributed by atoms with E-state index < -0.39 is 17.6 Å². The van der Waals surface area contributed by atoms with Gasteiger partial charge in [-0.05, 0) is 36.3 Å². The summed E-state index contributed by atoms with van der Waals surface area (Å²) in [7, 11) is 0. The summed E-state index contributed by atoms with van der Waals surface area (Å²) < 4.78 is 0. The smallest absolute Gasteiger partial charge is 0.337 e. The summed E-state index contributed by atoms with van der Waals surface area (Å²) >= 11 is 1.82. The van der Waals surface area contributed by atoms with Crippen LogP contribution in [0.2, 0.25) is 0 Å². The molecule has 0 aromatic heterocycles. The number of urea groups is 1. The fraction of sp³-hybridized carbons (Fsp3) is 0.500. The number of amides is 2. The predicted molar refractivity (Wildman–Crippen MR) is 92.9 cm³/mol. The van der Waals surface area contributed by atoms with E-state index in [0.717, 1.165) is 23.8 Å². The lowest BCUT2D eigenvalue weighted by molar-refractivity contribution is -0.155. The molecular weight excluding hydrogens is 316 g/mol. The third-order valence-corrected chi connectivity index (χ3v) is 4.46. The van der Waals surface area contributed by atoms with Crippen LogP contribution in [-0.2, 0) is 10.5 Å². The topological polar surface area (TPSA) is 98.7 Å². The van der Waals surface area contributed by atoms with Crippen molar-refractivity contribution in [1.29, 1.82) is 0 Å². The fourth-order valence-corrected chi connectivity index (χ4v) is 2.55. The van der Waals surface area contributed by atoms with E-state index in [1.54, 1.807) is 6.07 Å². The zero-order valence-corrected chi connectivity index (χ0v) is 14.7. The van der Waals surface area contributed by atoms with Crippen LogP contribution in [0.3, 0.4) is 0 Å². The van der Waals surface area contributed by atoms with E-state index in [1.165, 1.54) is 0 Å². The molecule has 0 radical (unpaired) electrons. The van der Waals surface area contributed by atoms with E-state index in [-0.39, 0.29) is 6.54 Å². The van der Waals surface area contributed by atoms with E-state index in [1.807, 2.05) is 30.8 Å². The van der Waals surface area contributed by atoms with Gasteiger partial charge >= 0.3 is 12.0 Å². The fourth-order valence-electron chi connectivity index (χ4n) is 1.73. The minimum atomic E-state index is -2.00. The quantitative estimate of drug-likeness (QED) is 0.611. The summed E-state index contributed by atoms with van der Waals surface area (Å²) in [6.45, 7) is 6.94. The molecule has 7 heteroatoms. The summed E-state index contributed by atoms with van der Waals surface area (Å²) in [5.41, 5.74) is 0.779. The lowest BCUT2D eigenvalue weighted by Crippen LogP contribution is -2.47. The summed E-state index contributed by atoms with van der Waals surface area (Å²) in [5, 5.41) is 24.0. The van der Waals surface area contributed by atoms with Gasteiger partial charge in [0.05, 0.1) is 6.54 Å². The molecule has 0 aliphatic heterocycles. The van der Waals surface area contributed by atoms with Gasteiger partial charge in [-0.2, -0.15) is 11.8 Å². The number of carboxylic acids is 1. The Balaban J connectivity index is 2.68. The maximum atomic E-state index is 11.9. The van der Waals surface area contributed by atoms with Gasteiger partial charge in [0.25, 0.3) is 0 Å². The molecule has 1 aromatic rings. The average Bonchev–Trinajstić information content (AvgIpc) is 2.46. The van der Waals surface area contributed by atoms with Gasteiger partial charge in [-0.15, -0.1) is 0 Å². The largest absolute Gasteiger partial charge is 0.479 e. The van der Waals surface area contributed by atoms with Gasteiger partial charge < -0.3 is 20.8 Å². The first kappa shape index (κ1) is 19.3. The van der Waals surface area contributed by atoms with Gasteiger partial charge in [-0.3, -0.25) is 0 Å². The number of carbonyl (C=O) groups excluding carboxylic acids is 1. The second-order valence-corrected chi connectivity index (χ2v) is 7.40. The van der Waals surface area contributed by atoms with Gasteiger partial charge in [0.15, 0.2) is 5.60 Å². The Morgan fingerprint density at radius 2 is 2.00 bits per heavy atom. The molecule has 1 aromatic carbocycles. The first-order chi connectivity index (χ1) is 10.6. The molecule has 128 valence electrons. The van der Waals surface area contributed by atoms with Crippen molar-refractivity contribution in [2.45, 2.75) is 44.3 Å². The number of carbonyl (C=O) groups is 2. The second-order valence-electron chi connectivity index (χ2n) is 5.84. The number of aliphatic carboxylic acids is 1. The molecule has 0 aliphatic rings. The third-order valence-electron chi connectivity index (χ3n) is 3.32. The zero-order valence-electron chi connectivity index (χ0n) is 13.8. The molecule has 6 nitrogen and oxygen atoms in total. The second kappa shape index (κ2) is 8.21. The van der Waals surface area contributed by atoms with Crippen LogP contribution in [0.15, 0.2) is 18.2 Å². The lowest BCUT2D eigenvalue weighted by Gasteiger charge is -2.19. The van der Waals surface area contributed by atoms with Crippen molar-refractivity contribution in [2.75, 3.05) is 11.9 Å². The number of rotatable bonds is 7. The number of carboxylic acid groups (broad SMARTS) is 1. The molecular formula is C16H24N2O4S. The minimum Gasteiger partial charge on any atom is -0.479 e. The number of benzene rings is 1. The Bertz CT molecular complexity index is 573. The zero-order chi connectivity index (χ0) is 17.6. The lowest BCUT2D eigenvalue weighted by atomic mass is 10.1. The van der Waals surface area contributed by atoms with Crippen molar-refractivity contribution < 1.29 is 19.8 Å². The standard InChI is InChI=1S/C16H24N2O4S/c1-10(2)23-8-12-6-5-7-13(11(12)3)18-15(21)17-9-16(4,22)14(19)20/h5-7,10,22H,8-9H2,1-4H3,(H,19,20)(H2,17,18,21). The Labute approximate surface area is 140 Å². The van der Waals surface area contributed by atoms with E-state index in [9.17, 15) is 14.7 Å². The Morgan fingerprint density at radius 3 is 2.57 bits per heavy atom. The van der Waals surface area contributed by atoms with E-state index >= 15 is 0 Å². The SMILES string of the molecule is Cc1c(CSC(C)C)cccc1NC(=O)NCC(C)(O)C(=O)O. The molecule has 0 bridgehead atoms. The van der Waals surface area contributed by atoms with Crippen molar-refractivity contribution in [3.8, 4) is 0 Å². The molecule has 0 spiro atoms. The molecule has 4 N–H and O–H groups in total. The van der Waals surface area contributed by atoms with Gasteiger partial charge in [-0.25, -0.2) is 9.59 Å². The van der Waals surface area contributed by atoms with Crippen LogP contribution >= 0.6 is 11.8 Å². The van der Waals surface area contributed by atoms with E-state index in [4.69, 9.17) is 5.11 Å². The highest BCUT2D eigenvalue weighted by molar-refractivity contribution is 7.99.